The lowest BCUT2D eigenvalue weighted by Gasteiger charge is -2.04. The van der Waals surface area contributed by atoms with Crippen LogP contribution in [0, 0.1) is 0 Å². The van der Waals surface area contributed by atoms with Gasteiger partial charge in [0.25, 0.3) is 0 Å². The number of hydrogen-bond donors (Lipinski definition) is 2. The van der Waals surface area contributed by atoms with Crippen molar-refractivity contribution in [2.45, 2.75) is 26.2 Å². The predicted molar refractivity (Wildman–Crippen MR) is 63.3 cm³/mol. The van der Waals surface area contributed by atoms with Crippen LogP contribution in [-0.4, -0.2) is 24.9 Å². The largest absolute Gasteiger partial charge is 0.469 e. The molecule has 0 saturated heterocycles. The summed E-state index contributed by atoms with van der Waals surface area (Å²) in [7, 11) is 0. The Hall–Kier alpha value is -1.78. The molecule has 5 heteroatoms. The molecule has 2 N–H and O–H groups in total. The molecule has 0 aliphatic carbocycles. The first-order valence-electron chi connectivity index (χ1n) is 5.72. The number of furan rings is 1. The van der Waals surface area contributed by atoms with Gasteiger partial charge in [0.15, 0.2) is 0 Å². The van der Waals surface area contributed by atoms with E-state index in [-0.39, 0.29) is 11.8 Å². The summed E-state index contributed by atoms with van der Waals surface area (Å²) >= 11 is 0. The molecule has 5 nitrogen and oxygen atoms in total. The Bertz CT molecular complexity index is 347. The second-order valence-corrected chi connectivity index (χ2v) is 3.77. The summed E-state index contributed by atoms with van der Waals surface area (Å²) < 4.78 is 5.13. The molecule has 0 spiro atoms. The second-order valence-electron chi connectivity index (χ2n) is 3.77. The Labute approximate surface area is 101 Å². The van der Waals surface area contributed by atoms with E-state index in [1.54, 1.807) is 12.3 Å². The van der Waals surface area contributed by atoms with E-state index >= 15 is 0 Å². The van der Waals surface area contributed by atoms with Crippen molar-refractivity contribution in [3.63, 3.8) is 0 Å². The fraction of sp³-hybridized carbons (Fsp3) is 0.500. The lowest BCUT2D eigenvalue weighted by molar-refractivity contribution is -0.121. The van der Waals surface area contributed by atoms with Crippen molar-refractivity contribution >= 4 is 11.8 Å². The predicted octanol–water partition coefficient (Wildman–Crippen LogP) is 0.855. The fourth-order valence-corrected chi connectivity index (χ4v) is 1.36. The van der Waals surface area contributed by atoms with Gasteiger partial charge in [-0.25, -0.2) is 0 Å². The van der Waals surface area contributed by atoms with E-state index in [0.29, 0.717) is 25.9 Å². The molecular formula is C12H18N2O3. The van der Waals surface area contributed by atoms with Gasteiger partial charge in [-0.1, -0.05) is 0 Å². The first-order chi connectivity index (χ1) is 8.18. The number of rotatable bonds is 7. The van der Waals surface area contributed by atoms with Crippen LogP contribution >= 0.6 is 0 Å². The van der Waals surface area contributed by atoms with Crippen LogP contribution in [0.5, 0.6) is 0 Å². The Morgan fingerprint density at radius 3 is 2.71 bits per heavy atom. The van der Waals surface area contributed by atoms with Crippen molar-refractivity contribution < 1.29 is 14.0 Å². The highest BCUT2D eigenvalue weighted by Gasteiger charge is 2.03. The van der Waals surface area contributed by atoms with Gasteiger partial charge in [-0.3, -0.25) is 9.59 Å². The summed E-state index contributed by atoms with van der Waals surface area (Å²) in [6, 6.07) is 3.66. The minimum Gasteiger partial charge on any atom is -0.469 e. The zero-order valence-electron chi connectivity index (χ0n) is 9.99. The van der Waals surface area contributed by atoms with E-state index in [9.17, 15) is 9.59 Å². The average Bonchev–Trinajstić information content (AvgIpc) is 2.78. The number of nitrogens with one attached hydrogen (secondary N) is 2. The maximum Gasteiger partial charge on any atom is 0.220 e. The number of amides is 2. The molecule has 17 heavy (non-hydrogen) atoms. The highest BCUT2D eigenvalue weighted by Crippen LogP contribution is 2.02. The number of hydrogen-bond acceptors (Lipinski definition) is 3. The van der Waals surface area contributed by atoms with Gasteiger partial charge in [-0.05, 0) is 18.6 Å². The Balaban J connectivity index is 2.00. The summed E-state index contributed by atoms with van der Waals surface area (Å²) in [6.07, 6.45) is 3.38. The summed E-state index contributed by atoms with van der Waals surface area (Å²) in [5, 5.41) is 5.46. The molecular weight excluding hydrogens is 220 g/mol. The van der Waals surface area contributed by atoms with Gasteiger partial charge in [0.2, 0.25) is 11.8 Å². The van der Waals surface area contributed by atoms with E-state index in [1.165, 1.54) is 6.92 Å². The van der Waals surface area contributed by atoms with Gasteiger partial charge in [-0.2, -0.15) is 0 Å². The lowest BCUT2D eigenvalue weighted by Crippen LogP contribution is -2.28. The van der Waals surface area contributed by atoms with Crippen LogP contribution in [0.2, 0.25) is 0 Å². The van der Waals surface area contributed by atoms with Crippen LogP contribution in [0.25, 0.3) is 0 Å². The van der Waals surface area contributed by atoms with Crippen LogP contribution < -0.4 is 10.6 Å². The molecule has 1 aromatic rings. The van der Waals surface area contributed by atoms with Gasteiger partial charge < -0.3 is 15.1 Å². The topological polar surface area (TPSA) is 71.3 Å². The van der Waals surface area contributed by atoms with Crippen LogP contribution in [0.1, 0.15) is 25.5 Å². The first kappa shape index (κ1) is 13.3. The smallest absolute Gasteiger partial charge is 0.220 e. The van der Waals surface area contributed by atoms with Gasteiger partial charge in [0, 0.05) is 32.9 Å². The third kappa shape index (κ3) is 6.40. The number of carbonyl (C=O) groups is 2. The van der Waals surface area contributed by atoms with E-state index in [1.807, 2.05) is 6.07 Å². The maximum absolute atomic E-state index is 11.4. The van der Waals surface area contributed by atoms with Crippen molar-refractivity contribution in [3.8, 4) is 0 Å². The minimum absolute atomic E-state index is 0.00391. The molecule has 0 bridgehead atoms. The quantitative estimate of drug-likeness (QED) is 0.692. The van der Waals surface area contributed by atoms with Crippen LogP contribution in [0.15, 0.2) is 22.8 Å². The van der Waals surface area contributed by atoms with Gasteiger partial charge in [-0.15, -0.1) is 0 Å². The van der Waals surface area contributed by atoms with E-state index in [4.69, 9.17) is 4.42 Å². The SMILES string of the molecule is CC(=O)NCCCNC(=O)CCc1ccco1. The van der Waals surface area contributed by atoms with Crippen LogP contribution in [0.4, 0.5) is 0 Å². The Morgan fingerprint density at radius 1 is 1.29 bits per heavy atom. The summed E-state index contributed by atoms with van der Waals surface area (Å²) in [4.78, 5) is 22.0. The van der Waals surface area contributed by atoms with Crippen molar-refractivity contribution in [1.82, 2.24) is 10.6 Å². The van der Waals surface area contributed by atoms with E-state index < -0.39 is 0 Å². The molecule has 0 saturated carbocycles. The molecule has 0 aliphatic heterocycles. The van der Waals surface area contributed by atoms with E-state index in [0.717, 1.165) is 12.2 Å². The third-order valence-corrected chi connectivity index (χ3v) is 2.23. The molecule has 0 aromatic carbocycles. The zero-order chi connectivity index (χ0) is 12.5. The average molecular weight is 238 g/mol. The monoisotopic (exact) mass is 238 g/mol. The first-order valence-corrected chi connectivity index (χ1v) is 5.72. The molecule has 1 rings (SSSR count). The Kier molecular flexibility index (Phi) is 5.85. The molecule has 2 amide bonds. The Morgan fingerprint density at radius 2 is 2.06 bits per heavy atom. The van der Waals surface area contributed by atoms with Gasteiger partial charge in [0.05, 0.1) is 6.26 Å². The molecule has 0 fully saturated rings. The van der Waals surface area contributed by atoms with Crippen LogP contribution in [-0.2, 0) is 16.0 Å². The van der Waals surface area contributed by atoms with E-state index in [2.05, 4.69) is 10.6 Å². The normalized spacial score (nSPS) is 9.94. The zero-order valence-corrected chi connectivity index (χ0v) is 9.99. The van der Waals surface area contributed by atoms with Gasteiger partial charge in [0.1, 0.15) is 5.76 Å². The molecule has 0 aliphatic rings. The second kappa shape index (κ2) is 7.49. The fourth-order valence-electron chi connectivity index (χ4n) is 1.36. The molecule has 0 atom stereocenters. The van der Waals surface area contributed by atoms with Gasteiger partial charge >= 0.3 is 0 Å². The molecule has 0 radical (unpaired) electrons. The molecule has 1 heterocycles. The molecule has 0 unspecified atom stereocenters. The number of aryl methyl sites for hydroxylation is 1. The maximum atomic E-state index is 11.4. The standard InChI is InChI=1S/C12H18N2O3/c1-10(15)13-7-3-8-14-12(16)6-5-11-4-2-9-17-11/h2,4,9H,3,5-8H2,1H3,(H,13,15)(H,14,16). The van der Waals surface area contributed by atoms with Crippen molar-refractivity contribution in [2.75, 3.05) is 13.1 Å². The van der Waals surface area contributed by atoms with Crippen molar-refractivity contribution in [1.29, 1.82) is 0 Å². The summed E-state index contributed by atoms with van der Waals surface area (Å²) in [5.74, 6) is 0.775. The summed E-state index contributed by atoms with van der Waals surface area (Å²) in [6.45, 7) is 2.65. The highest BCUT2D eigenvalue weighted by atomic mass is 16.3. The molecule has 94 valence electrons. The number of carbonyl (C=O) groups excluding carboxylic acids is 2. The van der Waals surface area contributed by atoms with Crippen molar-refractivity contribution in [2.24, 2.45) is 0 Å². The molecule has 1 aromatic heterocycles. The summed E-state index contributed by atoms with van der Waals surface area (Å²) in [5.41, 5.74) is 0. The van der Waals surface area contributed by atoms with Crippen molar-refractivity contribution in [3.05, 3.63) is 24.2 Å². The highest BCUT2D eigenvalue weighted by molar-refractivity contribution is 5.76. The minimum atomic E-state index is -0.0471. The van der Waals surface area contributed by atoms with Crippen LogP contribution in [0.3, 0.4) is 0 Å². The third-order valence-electron chi connectivity index (χ3n) is 2.23. The lowest BCUT2D eigenvalue weighted by atomic mass is 10.2.